The third kappa shape index (κ3) is 3.36. The second kappa shape index (κ2) is 7.80. The van der Waals surface area contributed by atoms with Crippen LogP contribution in [0.2, 0.25) is 0 Å². The monoisotopic (exact) mass is 408 g/mol. The zero-order chi connectivity index (χ0) is 20.9. The van der Waals surface area contributed by atoms with Gasteiger partial charge in [0.2, 0.25) is 0 Å². The predicted molar refractivity (Wildman–Crippen MR) is 110 cm³/mol. The number of hydrogen-bond donors (Lipinski definition) is 1. The number of esters is 1. The molecule has 1 heterocycles. The smallest absolute Gasteiger partial charge is 0.302 e. The van der Waals surface area contributed by atoms with Crippen LogP contribution < -0.4 is 0 Å². The van der Waals surface area contributed by atoms with Gasteiger partial charge in [-0.05, 0) is 55.8 Å². The van der Waals surface area contributed by atoms with Crippen LogP contribution in [0.15, 0.2) is 0 Å². The highest BCUT2D eigenvalue weighted by atomic mass is 16.7. The van der Waals surface area contributed by atoms with Crippen LogP contribution in [-0.2, 0) is 19.0 Å². The number of rotatable bonds is 4. The van der Waals surface area contributed by atoms with Gasteiger partial charge in [0.25, 0.3) is 0 Å². The van der Waals surface area contributed by atoms with E-state index in [0.717, 1.165) is 38.5 Å². The summed E-state index contributed by atoms with van der Waals surface area (Å²) in [6.45, 7) is 10.2. The Morgan fingerprint density at radius 2 is 1.76 bits per heavy atom. The molecule has 5 nitrogen and oxygen atoms in total. The molecule has 5 heteroatoms. The first-order chi connectivity index (χ1) is 13.8. The summed E-state index contributed by atoms with van der Waals surface area (Å²) in [5, 5.41) is 9.76. The Labute approximate surface area is 175 Å². The zero-order valence-electron chi connectivity index (χ0n) is 18.7. The van der Waals surface area contributed by atoms with Crippen molar-refractivity contribution in [2.75, 3.05) is 19.8 Å². The Morgan fingerprint density at radius 1 is 1.07 bits per heavy atom. The van der Waals surface area contributed by atoms with Crippen LogP contribution in [0.3, 0.4) is 0 Å². The Hall–Kier alpha value is -0.650. The highest BCUT2D eigenvalue weighted by molar-refractivity contribution is 5.66. The molecule has 1 N–H and O–H groups in total. The Bertz CT molecular complexity index is 614. The van der Waals surface area contributed by atoms with Crippen molar-refractivity contribution < 1.29 is 24.1 Å². The van der Waals surface area contributed by atoms with Crippen molar-refractivity contribution in [3.63, 3.8) is 0 Å². The van der Waals surface area contributed by atoms with Gasteiger partial charge in [-0.15, -0.1) is 0 Å². The topological polar surface area (TPSA) is 65.0 Å². The molecule has 0 radical (unpaired) electrons. The SMILES string of the molecule is CC(=O)O[C@@H]1[C@@H]([C@@]2(C)CC[C@H](C)C[C@@H]2CCO)CC[C@@]2(C)[C@H]1CCC21OCCO1. The van der Waals surface area contributed by atoms with E-state index in [0.29, 0.717) is 31.0 Å². The van der Waals surface area contributed by atoms with Crippen LogP contribution in [-0.4, -0.2) is 42.8 Å². The van der Waals surface area contributed by atoms with Crippen molar-refractivity contribution >= 4 is 5.97 Å². The van der Waals surface area contributed by atoms with Gasteiger partial charge in [0, 0.05) is 37.2 Å². The molecule has 0 aromatic carbocycles. The van der Waals surface area contributed by atoms with E-state index in [-0.39, 0.29) is 35.4 Å². The van der Waals surface area contributed by atoms with E-state index in [1.54, 1.807) is 6.92 Å². The summed E-state index contributed by atoms with van der Waals surface area (Å²) in [5.41, 5.74) is -0.00522. The van der Waals surface area contributed by atoms with E-state index in [1.807, 2.05) is 0 Å². The van der Waals surface area contributed by atoms with Gasteiger partial charge in [-0.2, -0.15) is 0 Å². The molecule has 3 saturated carbocycles. The molecule has 29 heavy (non-hydrogen) atoms. The number of carbonyl (C=O) groups excluding carboxylic acids is 1. The lowest BCUT2D eigenvalue weighted by atomic mass is 9.50. The fourth-order valence-corrected chi connectivity index (χ4v) is 7.75. The third-order valence-electron chi connectivity index (χ3n) is 9.42. The van der Waals surface area contributed by atoms with Crippen LogP contribution in [0.5, 0.6) is 0 Å². The molecule has 0 aromatic heterocycles. The first-order valence-electron chi connectivity index (χ1n) is 11.8. The maximum Gasteiger partial charge on any atom is 0.302 e. The number of carbonyl (C=O) groups is 1. The van der Waals surface area contributed by atoms with E-state index in [1.165, 1.54) is 12.8 Å². The molecule has 0 bridgehead atoms. The summed E-state index contributed by atoms with van der Waals surface area (Å²) in [4.78, 5) is 12.2. The van der Waals surface area contributed by atoms with E-state index >= 15 is 0 Å². The van der Waals surface area contributed by atoms with Gasteiger partial charge in [-0.25, -0.2) is 0 Å². The minimum atomic E-state index is -0.493. The van der Waals surface area contributed by atoms with Crippen LogP contribution in [0, 0.1) is 34.5 Å². The number of aliphatic hydroxyl groups is 1. The lowest BCUT2D eigenvalue weighted by Gasteiger charge is -2.57. The van der Waals surface area contributed by atoms with Crippen molar-refractivity contribution in [2.24, 2.45) is 34.5 Å². The van der Waals surface area contributed by atoms with Gasteiger partial charge in [0.05, 0.1) is 13.2 Å². The minimum absolute atomic E-state index is 0.0852. The number of ether oxygens (including phenoxy) is 3. The van der Waals surface area contributed by atoms with Gasteiger partial charge >= 0.3 is 5.97 Å². The molecule has 4 aliphatic rings. The molecule has 0 aromatic rings. The maximum atomic E-state index is 12.2. The Morgan fingerprint density at radius 3 is 2.41 bits per heavy atom. The van der Waals surface area contributed by atoms with Gasteiger partial charge < -0.3 is 19.3 Å². The fourth-order valence-electron chi connectivity index (χ4n) is 7.75. The predicted octanol–water partition coefficient (Wildman–Crippen LogP) is 4.31. The van der Waals surface area contributed by atoms with Crippen molar-refractivity contribution in [1.29, 1.82) is 0 Å². The summed E-state index contributed by atoms with van der Waals surface area (Å²) < 4.78 is 18.6. The van der Waals surface area contributed by atoms with Crippen molar-refractivity contribution in [3.05, 3.63) is 0 Å². The molecule has 7 atom stereocenters. The van der Waals surface area contributed by atoms with Crippen LogP contribution >= 0.6 is 0 Å². The van der Waals surface area contributed by atoms with Gasteiger partial charge in [0.15, 0.2) is 5.79 Å². The highest BCUT2D eigenvalue weighted by Gasteiger charge is 2.67. The highest BCUT2D eigenvalue weighted by Crippen LogP contribution is 2.65. The fraction of sp³-hybridized carbons (Fsp3) is 0.958. The molecule has 3 aliphatic carbocycles. The molecule has 0 unspecified atom stereocenters. The molecule has 4 fully saturated rings. The molecule has 1 aliphatic heterocycles. The van der Waals surface area contributed by atoms with Crippen molar-refractivity contribution in [2.45, 2.75) is 91.0 Å². The largest absolute Gasteiger partial charge is 0.462 e. The molecule has 0 amide bonds. The van der Waals surface area contributed by atoms with Crippen LogP contribution in [0.1, 0.15) is 79.1 Å². The first-order valence-corrected chi connectivity index (χ1v) is 11.8. The van der Waals surface area contributed by atoms with E-state index in [4.69, 9.17) is 14.2 Å². The lowest BCUT2D eigenvalue weighted by molar-refractivity contribution is -0.252. The molecule has 4 rings (SSSR count). The summed E-state index contributed by atoms with van der Waals surface area (Å²) in [7, 11) is 0. The summed E-state index contributed by atoms with van der Waals surface area (Å²) in [6.07, 6.45) is 8.28. The lowest BCUT2D eigenvalue weighted by Crippen LogP contribution is -2.58. The van der Waals surface area contributed by atoms with E-state index in [9.17, 15) is 9.90 Å². The number of hydrogen-bond acceptors (Lipinski definition) is 5. The third-order valence-corrected chi connectivity index (χ3v) is 9.42. The van der Waals surface area contributed by atoms with Gasteiger partial charge in [-0.3, -0.25) is 4.79 Å². The average molecular weight is 409 g/mol. The molecule has 1 spiro atoms. The maximum absolute atomic E-state index is 12.2. The second-order valence-electron chi connectivity index (χ2n) is 10.8. The number of fused-ring (bicyclic) bond motifs is 2. The van der Waals surface area contributed by atoms with Crippen LogP contribution in [0.4, 0.5) is 0 Å². The summed E-state index contributed by atoms with van der Waals surface area (Å²) in [6, 6.07) is 0. The average Bonchev–Trinajstić information content (AvgIpc) is 3.25. The number of aliphatic hydroxyl groups excluding tert-OH is 1. The van der Waals surface area contributed by atoms with E-state index < -0.39 is 5.79 Å². The molecule has 1 saturated heterocycles. The van der Waals surface area contributed by atoms with Crippen LogP contribution in [0.25, 0.3) is 0 Å². The van der Waals surface area contributed by atoms with E-state index in [2.05, 4.69) is 20.8 Å². The molecular formula is C24H40O5. The van der Waals surface area contributed by atoms with Gasteiger partial charge in [0.1, 0.15) is 6.10 Å². The normalized spacial score (nSPS) is 46.6. The minimum Gasteiger partial charge on any atom is -0.462 e. The summed E-state index contributed by atoms with van der Waals surface area (Å²) >= 11 is 0. The van der Waals surface area contributed by atoms with Crippen molar-refractivity contribution in [1.82, 2.24) is 0 Å². The quantitative estimate of drug-likeness (QED) is 0.702. The second-order valence-corrected chi connectivity index (χ2v) is 10.8. The summed E-state index contributed by atoms with van der Waals surface area (Å²) in [5.74, 6) is 1.13. The molecular weight excluding hydrogens is 368 g/mol. The standard InChI is InChI=1S/C24H40O5/c1-16-5-9-22(3,18(15-16)8-12-25)19-6-10-23(4)20(21(19)29-17(2)26)7-11-24(23)27-13-14-28-24/h16,18-21,25H,5-15H2,1-4H3/t16-,18-,19-,20-,21+,22-,23-/m0/s1. The van der Waals surface area contributed by atoms with Gasteiger partial charge in [-0.1, -0.05) is 27.2 Å². The zero-order valence-corrected chi connectivity index (χ0v) is 18.7. The first kappa shape index (κ1) is 21.6. The molecule has 166 valence electrons. The van der Waals surface area contributed by atoms with Crippen molar-refractivity contribution in [3.8, 4) is 0 Å². The Balaban J connectivity index is 1.66. The Kier molecular flexibility index (Phi) is 5.80.